The van der Waals surface area contributed by atoms with Crippen LogP contribution >= 0.6 is 0 Å². The monoisotopic (exact) mass is 409 g/mol. The fraction of sp³-hybridized carbons (Fsp3) is 0.480. The Morgan fingerprint density at radius 1 is 1.03 bits per heavy atom. The van der Waals surface area contributed by atoms with E-state index in [0.717, 1.165) is 45.1 Å². The molecule has 5 heteroatoms. The van der Waals surface area contributed by atoms with Crippen molar-refractivity contribution in [2.75, 3.05) is 40.0 Å². The Morgan fingerprint density at radius 2 is 1.70 bits per heavy atom. The second-order valence-electron chi connectivity index (χ2n) is 8.17. The van der Waals surface area contributed by atoms with Crippen LogP contribution in [-0.2, 0) is 21.5 Å². The molecule has 0 amide bonds. The van der Waals surface area contributed by atoms with Crippen LogP contribution in [0.2, 0.25) is 0 Å². The van der Waals surface area contributed by atoms with Crippen molar-refractivity contribution >= 4 is 5.96 Å². The Morgan fingerprint density at radius 3 is 2.37 bits per heavy atom. The van der Waals surface area contributed by atoms with E-state index in [2.05, 4.69) is 65.0 Å². The maximum Gasteiger partial charge on any atom is 0.191 e. The predicted octanol–water partition coefficient (Wildman–Crippen LogP) is 3.75. The molecule has 30 heavy (non-hydrogen) atoms. The fourth-order valence-electron chi connectivity index (χ4n) is 3.88. The zero-order valence-electron chi connectivity index (χ0n) is 18.3. The van der Waals surface area contributed by atoms with Crippen molar-refractivity contribution in [3.05, 3.63) is 71.8 Å². The summed E-state index contributed by atoms with van der Waals surface area (Å²) in [5.74, 6) is 1.23. The van der Waals surface area contributed by atoms with E-state index in [9.17, 15) is 0 Å². The average Bonchev–Trinajstić information content (AvgIpc) is 2.81. The van der Waals surface area contributed by atoms with E-state index >= 15 is 0 Å². The van der Waals surface area contributed by atoms with Gasteiger partial charge in [0.05, 0.1) is 13.2 Å². The summed E-state index contributed by atoms with van der Waals surface area (Å²) in [7, 11) is 1.82. The van der Waals surface area contributed by atoms with Crippen molar-refractivity contribution in [1.82, 2.24) is 10.6 Å². The molecule has 1 saturated heterocycles. The van der Waals surface area contributed by atoms with Crippen LogP contribution in [0.25, 0.3) is 0 Å². The quantitative estimate of drug-likeness (QED) is 0.489. The minimum absolute atomic E-state index is 0.0849. The molecule has 2 N–H and O–H groups in total. The number of nitrogens with one attached hydrogen (secondary N) is 2. The summed E-state index contributed by atoms with van der Waals surface area (Å²) in [5, 5.41) is 7.01. The number of benzene rings is 2. The minimum Gasteiger partial charge on any atom is -0.381 e. The summed E-state index contributed by atoms with van der Waals surface area (Å²) >= 11 is 0. The standard InChI is InChI=1S/C25H35N3O2/c1-21(18-30-19-22-9-5-3-6-10-22)17-27-24(26-2)28-20-25(13-15-29-16-14-25)23-11-7-4-8-12-23/h3-12,21H,13-20H2,1-2H3,(H2,26,27,28). The van der Waals surface area contributed by atoms with Crippen LogP contribution in [0.15, 0.2) is 65.7 Å². The lowest BCUT2D eigenvalue weighted by Crippen LogP contribution is -2.48. The second-order valence-corrected chi connectivity index (χ2v) is 8.17. The topological polar surface area (TPSA) is 54.9 Å². The summed E-state index contributed by atoms with van der Waals surface area (Å²) in [6.07, 6.45) is 2.04. The minimum atomic E-state index is 0.0849. The van der Waals surface area contributed by atoms with Crippen molar-refractivity contribution in [1.29, 1.82) is 0 Å². The molecule has 0 aromatic heterocycles. The first-order chi connectivity index (χ1) is 14.7. The lowest BCUT2D eigenvalue weighted by molar-refractivity contribution is 0.0513. The maximum atomic E-state index is 5.86. The van der Waals surface area contributed by atoms with Gasteiger partial charge >= 0.3 is 0 Å². The van der Waals surface area contributed by atoms with Crippen LogP contribution in [0.1, 0.15) is 30.9 Å². The summed E-state index contributed by atoms with van der Waals surface area (Å²) in [6, 6.07) is 21.1. The van der Waals surface area contributed by atoms with Gasteiger partial charge in [0.25, 0.3) is 0 Å². The Bertz CT molecular complexity index is 758. The smallest absolute Gasteiger partial charge is 0.191 e. The van der Waals surface area contributed by atoms with E-state index in [1.54, 1.807) is 0 Å². The maximum absolute atomic E-state index is 5.86. The zero-order valence-corrected chi connectivity index (χ0v) is 18.3. The van der Waals surface area contributed by atoms with Gasteiger partial charge in [0.15, 0.2) is 5.96 Å². The SMILES string of the molecule is CN=C(NCC(C)COCc1ccccc1)NCC1(c2ccccc2)CCOCC1. The molecule has 1 fully saturated rings. The van der Waals surface area contributed by atoms with Gasteiger partial charge in [0.1, 0.15) is 0 Å². The molecule has 3 rings (SSSR count). The summed E-state index contributed by atoms with van der Waals surface area (Å²) in [5.41, 5.74) is 2.67. The molecule has 1 atom stereocenters. The highest BCUT2D eigenvalue weighted by atomic mass is 16.5. The van der Waals surface area contributed by atoms with Crippen molar-refractivity contribution in [2.24, 2.45) is 10.9 Å². The number of ether oxygens (including phenoxy) is 2. The van der Waals surface area contributed by atoms with Crippen molar-refractivity contribution in [2.45, 2.75) is 31.8 Å². The van der Waals surface area contributed by atoms with E-state index in [1.165, 1.54) is 11.1 Å². The molecule has 0 bridgehead atoms. The number of rotatable bonds is 9. The molecule has 162 valence electrons. The third-order valence-corrected chi connectivity index (χ3v) is 5.79. The van der Waals surface area contributed by atoms with Gasteiger partial charge in [-0.05, 0) is 29.9 Å². The lowest BCUT2D eigenvalue weighted by Gasteiger charge is -2.38. The highest BCUT2D eigenvalue weighted by Gasteiger charge is 2.34. The first kappa shape index (κ1) is 22.3. The Balaban J connectivity index is 1.45. The third kappa shape index (κ3) is 6.57. The van der Waals surface area contributed by atoms with E-state index in [0.29, 0.717) is 19.1 Å². The highest BCUT2D eigenvalue weighted by Crippen LogP contribution is 2.34. The van der Waals surface area contributed by atoms with Gasteiger partial charge < -0.3 is 20.1 Å². The van der Waals surface area contributed by atoms with Crippen LogP contribution < -0.4 is 10.6 Å². The van der Waals surface area contributed by atoms with Gasteiger partial charge in [-0.1, -0.05) is 67.6 Å². The van der Waals surface area contributed by atoms with Crippen LogP contribution in [0.4, 0.5) is 0 Å². The number of nitrogens with zero attached hydrogens (tertiary/aromatic N) is 1. The number of hydrogen-bond acceptors (Lipinski definition) is 3. The summed E-state index contributed by atoms with van der Waals surface area (Å²) in [6.45, 7) is 6.82. The first-order valence-electron chi connectivity index (χ1n) is 10.9. The first-order valence-corrected chi connectivity index (χ1v) is 10.9. The van der Waals surface area contributed by atoms with Gasteiger partial charge in [-0.3, -0.25) is 4.99 Å². The van der Waals surface area contributed by atoms with Crippen molar-refractivity contribution in [3.63, 3.8) is 0 Å². The van der Waals surface area contributed by atoms with Crippen LogP contribution in [0.5, 0.6) is 0 Å². The Labute approximate surface area is 180 Å². The summed E-state index contributed by atoms with van der Waals surface area (Å²) < 4.78 is 11.5. The molecule has 5 nitrogen and oxygen atoms in total. The third-order valence-electron chi connectivity index (χ3n) is 5.79. The highest BCUT2D eigenvalue weighted by molar-refractivity contribution is 5.79. The molecule has 2 aromatic rings. The molecular formula is C25H35N3O2. The summed E-state index contributed by atoms with van der Waals surface area (Å²) in [4.78, 5) is 4.42. The van der Waals surface area contributed by atoms with Crippen LogP contribution in [0.3, 0.4) is 0 Å². The van der Waals surface area contributed by atoms with E-state index in [1.807, 2.05) is 25.2 Å². The number of aliphatic imine (C=N–C) groups is 1. The Kier molecular flexibility index (Phi) is 8.72. The Hall–Kier alpha value is -2.37. The largest absolute Gasteiger partial charge is 0.381 e. The van der Waals surface area contributed by atoms with E-state index < -0.39 is 0 Å². The van der Waals surface area contributed by atoms with Crippen molar-refractivity contribution in [3.8, 4) is 0 Å². The van der Waals surface area contributed by atoms with E-state index in [-0.39, 0.29) is 5.41 Å². The second kappa shape index (κ2) is 11.7. The van der Waals surface area contributed by atoms with Crippen molar-refractivity contribution < 1.29 is 9.47 Å². The average molecular weight is 410 g/mol. The van der Waals surface area contributed by atoms with Gasteiger partial charge in [-0.25, -0.2) is 0 Å². The van der Waals surface area contributed by atoms with E-state index in [4.69, 9.17) is 9.47 Å². The molecule has 1 heterocycles. The molecule has 1 aliphatic rings. The molecule has 0 radical (unpaired) electrons. The van der Waals surface area contributed by atoms with Gasteiger partial charge in [-0.15, -0.1) is 0 Å². The molecule has 0 spiro atoms. The molecule has 1 aliphatic heterocycles. The van der Waals surface area contributed by atoms with Gasteiger partial charge in [0.2, 0.25) is 0 Å². The molecule has 0 saturated carbocycles. The molecule has 2 aromatic carbocycles. The zero-order chi connectivity index (χ0) is 21.1. The van der Waals surface area contributed by atoms with Crippen LogP contribution in [-0.4, -0.2) is 45.9 Å². The predicted molar refractivity (Wildman–Crippen MR) is 123 cm³/mol. The van der Waals surface area contributed by atoms with Gasteiger partial charge in [0, 0.05) is 38.8 Å². The normalized spacial score (nSPS) is 17.3. The lowest BCUT2D eigenvalue weighted by atomic mass is 9.74. The molecule has 1 unspecified atom stereocenters. The molecular weight excluding hydrogens is 374 g/mol. The van der Waals surface area contributed by atoms with Gasteiger partial charge in [-0.2, -0.15) is 0 Å². The number of hydrogen-bond donors (Lipinski definition) is 2. The van der Waals surface area contributed by atoms with Crippen LogP contribution in [0, 0.1) is 5.92 Å². The number of guanidine groups is 1. The molecule has 0 aliphatic carbocycles. The fourth-order valence-corrected chi connectivity index (χ4v) is 3.88.